The van der Waals surface area contributed by atoms with Crippen molar-refractivity contribution in [1.82, 2.24) is 5.32 Å². The average Bonchev–Trinajstić information content (AvgIpc) is 2.32. The molecule has 0 aliphatic heterocycles. The van der Waals surface area contributed by atoms with Crippen molar-refractivity contribution in [3.8, 4) is 5.75 Å². The highest BCUT2D eigenvalue weighted by Crippen LogP contribution is 2.23. The monoisotopic (exact) mass is 266 g/mol. The molecule has 4 heteroatoms. The van der Waals surface area contributed by atoms with E-state index in [4.69, 9.17) is 17.0 Å². The molecule has 1 rings (SSSR count). The number of ether oxygens (including phenoxy) is 1. The highest BCUT2D eigenvalue weighted by molar-refractivity contribution is 7.80. The number of anilines is 1. The lowest BCUT2D eigenvalue weighted by Crippen LogP contribution is -2.35. The van der Waals surface area contributed by atoms with E-state index in [0.29, 0.717) is 17.8 Å². The van der Waals surface area contributed by atoms with Crippen LogP contribution in [0.3, 0.4) is 0 Å². The molecule has 0 unspecified atom stereocenters. The third-order valence-corrected chi connectivity index (χ3v) is 2.75. The fourth-order valence-electron chi connectivity index (χ4n) is 1.74. The molecule has 0 bridgehead atoms. The number of rotatable bonds is 6. The summed E-state index contributed by atoms with van der Waals surface area (Å²) in [6, 6.07) is 8.19. The molecular formula is C14H22N2OS. The van der Waals surface area contributed by atoms with Gasteiger partial charge in [0.1, 0.15) is 5.75 Å². The van der Waals surface area contributed by atoms with Gasteiger partial charge in [0.25, 0.3) is 0 Å². The molecule has 0 saturated heterocycles. The molecule has 0 aliphatic carbocycles. The number of benzene rings is 1. The second-order valence-electron chi connectivity index (χ2n) is 4.22. The van der Waals surface area contributed by atoms with Gasteiger partial charge in [-0.1, -0.05) is 25.5 Å². The molecular weight excluding hydrogens is 244 g/mol. The highest BCUT2D eigenvalue weighted by Gasteiger charge is 2.06. The molecule has 0 aromatic heterocycles. The molecule has 0 spiro atoms. The van der Waals surface area contributed by atoms with Gasteiger partial charge in [0.15, 0.2) is 5.11 Å². The largest absolute Gasteiger partial charge is 0.492 e. The van der Waals surface area contributed by atoms with E-state index in [2.05, 4.69) is 24.5 Å². The van der Waals surface area contributed by atoms with Crippen LogP contribution >= 0.6 is 12.2 Å². The average molecular weight is 266 g/mol. The van der Waals surface area contributed by atoms with Gasteiger partial charge in [-0.05, 0) is 44.6 Å². The van der Waals surface area contributed by atoms with E-state index in [1.807, 2.05) is 31.2 Å². The van der Waals surface area contributed by atoms with Gasteiger partial charge < -0.3 is 15.4 Å². The van der Waals surface area contributed by atoms with Crippen molar-refractivity contribution in [2.75, 3.05) is 11.9 Å². The highest BCUT2D eigenvalue weighted by atomic mass is 32.1. The van der Waals surface area contributed by atoms with Crippen molar-refractivity contribution in [3.05, 3.63) is 24.3 Å². The van der Waals surface area contributed by atoms with Crippen molar-refractivity contribution >= 4 is 23.0 Å². The maximum Gasteiger partial charge on any atom is 0.171 e. The first-order valence-electron chi connectivity index (χ1n) is 6.46. The van der Waals surface area contributed by atoms with Gasteiger partial charge >= 0.3 is 0 Å². The lowest BCUT2D eigenvalue weighted by molar-refractivity contribution is 0.342. The van der Waals surface area contributed by atoms with Crippen LogP contribution in [0, 0.1) is 0 Å². The molecule has 0 radical (unpaired) electrons. The normalized spacial score (nSPS) is 11.7. The standard InChI is InChI=1S/C14H22N2OS/c1-4-8-11(3)15-14(18)16-12-9-6-7-10-13(12)17-5-2/h6-7,9-11H,4-5,8H2,1-3H3,(H2,15,16,18)/t11-/m1/s1. The molecule has 1 aromatic rings. The van der Waals surface area contributed by atoms with Crippen molar-refractivity contribution in [2.24, 2.45) is 0 Å². The lowest BCUT2D eigenvalue weighted by atomic mass is 10.2. The molecule has 0 aliphatic rings. The topological polar surface area (TPSA) is 33.3 Å². The summed E-state index contributed by atoms with van der Waals surface area (Å²) in [4.78, 5) is 0. The van der Waals surface area contributed by atoms with Gasteiger partial charge in [0.2, 0.25) is 0 Å². The zero-order valence-electron chi connectivity index (χ0n) is 11.3. The first-order chi connectivity index (χ1) is 8.67. The fourth-order valence-corrected chi connectivity index (χ4v) is 2.05. The quantitative estimate of drug-likeness (QED) is 0.771. The van der Waals surface area contributed by atoms with Crippen LogP contribution in [0.1, 0.15) is 33.6 Å². The Bertz CT molecular complexity index is 382. The molecule has 2 N–H and O–H groups in total. The fraction of sp³-hybridized carbons (Fsp3) is 0.500. The van der Waals surface area contributed by atoms with Gasteiger partial charge in [-0.15, -0.1) is 0 Å². The molecule has 3 nitrogen and oxygen atoms in total. The SMILES string of the molecule is CCC[C@@H](C)NC(=S)Nc1ccccc1OCC. The van der Waals surface area contributed by atoms with Crippen LogP contribution in [-0.2, 0) is 0 Å². The van der Waals surface area contributed by atoms with E-state index in [9.17, 15) is 0 Å². The Kier molecular flexibility index (Phi) is 6.50. The molecule has 0 fully saturated rings. The zero-order valence-corrected chi connectivity index (χ0v) is 12.1. The Balaban J connectivity index is 2.58. The minimum atomic E-state index is 0.384. The number of hydrogen-bond acceptors (Lipinski definition) is 2. The van der Waals surface area contributed by atoms with Crippen LogP contribution in [0.2, 0.25) is 0 Å². The Morgan fingerprint density at radius 3 is 2.72 bits per heavy atom. The predicted octanol–water partition coefficient (Wildman–Crippen LogP) is 3.56. The molecule has 0 saturated carbocycles. The second-order valence-corrected chi connectivity index (χ2v) is 4.63. The Hall–Kier alpha value is -1.29. The molecule has 18 heavy (non-hydrogen) atoms. The number of nitrogens with one attached hydrogen (secondary N) is 2. The lowest BCUT2D eigenvalue weighted by Gasteiger charge is -2.17. The van der Waals surface area contributed by atoms with Gasteiger partial charge in [0.05, 0.1) is 12.3 Å². The maximum atomic E-state index is 5.54. The number of para-hydroxylation sites is 2. The molecule has 100 valence electrons. The Labute approximate surface area is 115 Å². The van der Waals surface area contributed by atoms with E-state index in [-0.39, 0.29) is 0 Å². The summed E-state index contributed by atoms with van der Waals surface area (Å²) in [7, 11) is 0. The van der Waals surface area contributed by atoms with E-state index in [0.717, 1.165) is 24.3 Å². The van der Waals surface area contributed by atoms with Crippen LogP contribution in [0.4, 0.5) is 5.69 Å². The minimum Gasteiger partial charge on any atom is -0.492 e. The van der Waals surface area contributed by atoms with Gasteiger partial charge in [-0.25, -0.2) is 0 Å². The number of hydrogen-bond donors (Lipinski definition) is 2. The Morgan fingerprint density at radius 2 is 2.06 bits per heavy atom. The summed E-state index contributed by atoms with van der Waals surface area (Å²) >= 11 is 5.29. The van der Waals surface area contributed by atoms with Gasteiger partial charge in [-0.3, -0.25) is 0 Å². The van der Waals surface area contributed by atoms with E-state index in [1.165, 1.54) is 0 Å². The van der Waals surface area contributed by atoms with Crippen molar-refractivity contribution in [2.45, 2.75) is 39.7 Å². The van der Waals surface area contributed by atoms with Crippen molar-refractivity contribution in [3.63, 3.8) is 0 Å². The molecule has 0 amide bonds. The van der Waals surface area contributed by atoms with E-state index >= 15 is 0 Å². The van der Waals surface area contributed by atoms with Crippen LogP contribution in [0.5, 0.6) is 5.75 Å². The summed E-state index contributed by atoms with van der Waals surface area (Å²) < 4.78 is 5.54. The molecule has 1 atom stereocenters. The number of thiocarbonyl (C=S) groups is 1. The maximum absolute atomic E-state index is 5.54. The van der Waals surface area contributed by atoms with E-state index < -0.39 is 0 Å². The summed E-state index contributed by atoms with van der Waals surface area (Å²) in [5, 5.41) is 7.09. The predicted molar refractivity (Wildman–Crippen MR) is 81.3 cm³/mol. The summed E-state index contributed by atoms with van der Waals surface area (Å²) in [6.07, 6.45) is 2.25. The summed E-state index contributed by atoms with van der Waals surface area (Å²) in [5.41, 5.74) is 0.903. The van der Waals surface area contributed by atoms with Gasteiger partial charge in [0, 0.05) is 6.04 Å². The van der Waals surface area contributed by atoms with E-state index in [1.54, 1.807) is 0 Å². The first-order valence-corrected chi connectivity index (χ1v) is 6.87. The van der Waals surface area contributed by atoms with Crippen LogP contribution in [0.15, 0.2) is 24.3 Å². The minimum absolute atomic E-state index is 0.384. The molecule has 0 heterocycles. The Morgan fingerprint density at radius 1 is 1.33 bits per heavy atom. The van der Waals surface area contributed by atoms with Gasteiger partial charge in [-0.2, -0.15) is 0 Å². The van der Waals surface area contributed by atoms with Crippen LogP contribution in [-0.4, -0.2) is 17.8 Å². The summed E-state index contributed by atoms with van der Waals surface area (Å²) in [5.74, 6) is 0.826. The van der Waals surface area contributed by atoms with Crippen LogP contribution < -0.4 is 15.4 Å². The molecule has 1 aromatic carbocycles. The van der Waals surface area contributed by atoms with Crippen molar-refractivity contribution in [1.29, 1.82) is 0 Å². The first kappa shape index (κ1) is 14.8. The third-order valence-electron chi connectivity index (χ3n) is 2.53. The summed E-state index contributed by atoms with van der Waals surface area (Å²) in [6.45, 7) is 6.91. The van der Waals surface area contributed by atoms with Crippen LogP contribution in [0.25, 0.3) is 0 Å². The third kappa shape index (κ3) is 4.92. The van der Waals surface area contributed by atoms with Crippen molar-refractivity contribution < 1.29 is 4.74 Å². The second kappa shape index (κ2) is 7.93. The smallest absolute Gasteiger partial charge is 0.171 e. The zero-order chi connectivity index (χ0) is 13.4.